The average molecular weight is 319 g/mol. The molecule has 0 bridgehead atoms. The van der Waals surface area contributed by atoms with Crippen molar-refractivity contribution in [2.75, 3.05) is 0 Å². The predicted octanol–water partition coefficient (Wildman–Crippen LogP) is 4.03. The summed E-state index contributed by atoms with van der Waals surface area (Å²) in [4.78, 5) is 0. The third kappa shape index (κ3) is 2.93. The van der Waals surface area contributed by atoms with Gasteiger partial charge >= 0.3 is 0 Å². The number of rotatable bonds is 2. The molecule has 0 spiro atoms. The fraction of sp³-hybridized carbons (Fsp3) is 0.375. The molecule has 0 amide bonds. The molecule has 3 heteroatoms. The van der Waals surface area contributed by atoms with E-state index in [1.165, 1.54) is 36.0 Å². The Morgan fingerprint density at radius 3 is 2.74 bits per heavy atom. The lowest BCUT2D eigenvalue weighted by Gasteiger charge is -2.07. The maximum atomic E-state index is 6.25. The summed E-state index contributed by atoms with van der Waals surface area (Å²) in [5.74, 6) is 0. The quantitative estimate of drug-likeness (QED) is 0.833. The van der Waals surface area contributed by atoms with Crippen LogP contribution in [0.25, 0.3) is 0 Å². The lowest BCUT2D eigenvalue weighted by Crippen LogP contribution is -2.09. The van der Waals surface area contributed by atoms with Gasteiger partial charge in [-0.15, -0.1) is 0 Å². The summed E-state index contributed by atoms with van der Waals surface area (Å²) in [5, 5.41) is 0. The van der Waals surface area contributed by atoms with Crippen LogP contribution in [-0.2, 0) is 13.0 Å². The highest BCUT2D eigenvalue weighted by Crippen LogP contribution is 2.28. The van der Waals surface area contributed by atoms with Crippen LogP contribution < -0.4 is 5.73 Å². The largest absolute Gasteiger partial charge is 0.349 e. The van der Waals surface area contributed by atoms with Crippen LogP contribution in [0.2, 0.25) is 0 Å². The van der Waals surface area contributed by atoms with E-state index in [1.54, 1.807) is 0 Å². The average Bonchev–Trinajstić information content (AvgIpc) is 2.72. The molecule has 0 saturated carbocycles. The molecule has 3 rings (SSSR count). The molecule has 1 aliphatic rings. The highest BCUT2D eigenvalue weighted by Gasteiger charge is 2.17. The summed E-state index contributed by atoms with van der Waals surface area (Å²) >= 11 is 3.47. The summed E-state index contributed by atoms with van der Waals surface area (Å²) in [6.45, 7) is 0.924. The number of hydrogen-bond donors (Lipinski definition) is 1. The molecule has 1 aromatic heterocycles. The van der Waals surface area contributed by atoms with E-state index in [9.17, 15) is 0 Å². The standard InChI is InChI=1S/C16H19BrN2/c17-14-7-5-12(6-8-14)9-19-10-13-3-1-2-4-16(18)15(13)11-19/h5-8,10-11,16H,1-4,9,18H2. The second-order valence-corrected chi connectivity index (χ2v) is 6.31. The molecule has 1 aliphatic carbocycles. The van der Waals surface area contributed by atoms with Gasteiger partial charge in [0.2, 0.25) is 0 Å². The lowest BCUT2D eigenvalue weighted by atomic mass is 10.1. The maximum absolute atomic E-state index is 6.25. The smallest absolute Gasteiger partial charge is 0.0470 e. The van der Waals surface area contributed by atoms with E-state index in [-0.39, 0.29) is 6.04 Å². The summed E-state index contributed by atoms with van der Waals surface area (Å²) in [6.07, 6.45) is 9.34. The van der Waals surface area contributed by atoms with Gasteiger partial charge in [0.15, 0.2) is 0 Å². The molecule has 0 fully saturated rings. The fourth-order valence-electron chi connectivity index (χ4n) is 2.84. The van der Waals surface area contributed by atoms with Crippen molar-refractivity contribution in [3.63, 3.8) is 0 Å². The zero-order valence-electron chi connectivity index (χ0n) is 11.0. The van der Waals surface area contributed by atoms with Gasteiger partial charge in [-0.05, 0) is 48.1 Å². The van der Waals surface area contributed by atoms with Crippen LogP contribution in [0, 0.1) is 0 Å². The number of halogens is 1. The van der Waals surface area contributed by atoms with Crippen LogP contribution in [0.15, 0.2) is 41.1 Å². The van der Waals surface area contributed by atoms with E-state index < -0.39 is 0 Å². The molecule has 1 heterocycles. The molecule has 19 heavy (non-hydrogen) atoms. The van der Waals surface area contributed by atoms with E-state index in [0.717, 1.165) is 17.4 Å². The Morgan fingerprint density at radius 1 is 1.16 bits per heavy atom. The number of nitrogens with zero attached hydrogens (tertiary/aromatic N) is 1. The summed E-state index contributed by atoms with van der Waals surface area (Å²) in [6, 6.07) is 8.74. The first kappa shape index (κ1) is 12.9. The minimum absolute atomic E-state index is 0.226. The summed E-state index contributed by atoms with van der Waals surface area (Å²) in [5.41, 5.74) is 10.4. The van der Waals surface area contributed by atoms with Gasteiger partial charge in [-0.1, -0.05) is 34.5 Å². The SMILES string of the molecule is NC1CCCCc2cn(Cc3ccc(Br)cc3)cc21. The molecular formula is C16H19BrN2. The Balaban J connectivity index is 1.82. The van der Waals surface area contributed by atoms with Crippen molar-refractivity contribution >= 4 is 15.9 Å². The first-order valence-corrected chi connectivity index (χ1v) is 7.70. The molecule has 1 atom stereocenters. The Kier molecular flexibility index (Phi) is 3.76. The highest BCUT2D eigenvalue weighted by atomic mass is 79.9. The number of aryl methyl sites for hydroxylation is 1. The Hall–Kier alpha value is -1.06. The van der Waals surface area contributed by atoms with Crippen LogP contribution in [-0.4, -0.2) is 4.57 Å². The van der Waals surface area contributed by atoms with E-state index in [0.29, 0.717) is 0 Å². The van der Waals surface area contributed by atoms with Crippen molar-refractivity contribution in [1.29, 1.82) is 0 Å². The van der Waals surface area contributed by atoms with Gasteiger partial charge in [0.05, 0.1) is 0 Å². The van der Waals surface area contributed by atoms with Gasteiger partial charge in [0.1, 0.15) is 0 Å². The van der Waals surface area contributed by atoms with Gasteiger partial charge in [-0.25, -0.2) is 0 Å². The van der Waals surface area contributed by atoms with Crippen LogP contribution in [0.3, 0.4) is 0 Å². The maximum Gasteiger partial charge on any atom is 0.0470 e. The Labute approximate surface area is 122 Å². The van der Waals surface area contributed by atoms with Gasteiger partial charge in [-0.3, -0.25) is 0 Å². The molecular weight excluding hydrogens is 300 g/mol. The van der Waals surface area contributed by atoms with Gasteiger partial charge in [0.25, 0.3) is 0 Å². The second-order valence-electron chi connectivity index (χ2n) is 5.39. The van der Waals surface area contributed by atoms with E-state index in [1.807, 2.05) is 0 Å². The van der Waals surface area contributed by atoms with Crippen molar-refractivity contribution in [2.45, 2.75) is 38.3 Å². The van der Waals surface area contributed by atoms with Crippen molar-refractivity contribution in [3.05, 3.63) is 57.8 Å². The molecule has 2 nitrogen and oxygen atoms in total. The van der Waals surface area contributed by atoms with Crippen molar-refractivity contribution < 1.29 is 0 Å². The number of hydrogen-bond acceptors (Lipinski definition) is 1. The number of nitrogens with two attached hydrogens (primary N) is 1. The second kappa shape index (κ2) is 5.51. The van der Waals surface area contributed by atoms with Crippen LogP contribution in [0.5, 0.6) is 0 Å². The first-order valence-electron chi connectivity index (χ1n) is 6.91. The lowest BCUT2D eigenvalue weighted by molar-refractivity contribution is 0.610. The predicted molar refractivity (Wildman–Crippen MR) is 82.2 cm³/mol. The monoisotopic (exact) mass is 318 g/mol. The van der Waals surface area contributed by atoms with Gasteiger partial charge in [0, 0.05) is 29.5 Å². The van der Waals surface area contributed by atoms with Crippen LogP contribution >= 0.6 is 15.9 Å². The van der Waals surface area contributed by atoms with Gasteiger partial charge < -0.3 is 10.3 Å². The molecule has 100 valence electrons. The zero-order valence-corrected chi connectivity index (χ0v) is 12.6. The van der Waals surface area contributed by atoms with Crippen LogP contribution in [0.4, 0.5) is 0 Å². The Morgan fingerprint density at radius 2 is 1.95 bits per heavy atom. The van der Waals surface area contributed by atoms with Crippen molar-refractivity contribution in [3.8, 4) is 0 Å². The fourth-order valence-corrected chi connectivity index (χ4v) is 3.11. The van der Waals surface area contributed by atoms with E-state index >= 15 is 0 Å². The molecule has 1 unspecified atom stereocenters. The minimum atomic E-state index is 0.226. The normalized spacial score (nSPS) is 18.9. The molecule has 1 aromatic carbocycles. The molecule has 0 aliphatic heterocycles. The van der Waals surface area contributed by atoms with E-state index in [2.05, 4.69) is 57.2 Å². The minimum Gasteiger partial charge on any atom is -0.349 e. The molecule has 0 radical (unpaired) electrons. The van der Waals surface area contributed by atoms with Crippen molar-refractivity contribution in [2.24, 2.45) is 5.73 Å². The zero-order chi connectivity index (χ0) is 13.2. The highest BCUT2D eigenvalue weighted by molar-refractivity contribution is 9.10. The van der Waals surface area contributed by atoms with Crippen molar-refractivity contribution in [1.82, 2.24) is 4.57 Å². The van der Waals surface area contributed by atoms with E-state index in [4.69, 9.17) is 5.73 Å². The summed E-state index contributed by atoms with van der Waals surface area (Å²) in [7, 11) is 0. The summed E-state index contributed by atoms with van der Waals surface area (Å²) < 4.78 is 3.40. The first-order chi connectivity index (χ1) is 9.22. The number of aromatic nitrogens is 1. The third-order valence-corrected chi connectivity index (χ3v) is 4.42. The third-order valence-electron chi connectivity index (χ3n) is 3.89. The number of benzene rings is 1. The molecule has 2 N–H and O–H groups in total. The van der Waals surface area contributed by atoms with Gasteiger partial charge in [-0.2, -0.15) is 0 Å². The molecule has 2 aromatic rings. The Bertz CT molecular complexity index is 557. The molecule has 0 saturated heterocycles. The number of fused-ring (bicyclic) bond motifs is 1. The van der Waals surface area contributed by atoms with Crippen LogP contribution in [0.1, 0.15) is 42.0 Å². The topological polar surface area (TPSA) is 30.9 Å².